The summed E-state index contributed by atoms with van der Waals surface area (Å²) in [4.78, 5) is 26.4. The van der Waals surface area contributed by atoms with Crippen LogP contribution in [0.2, 0.25) is 0 Å². The highest BCUT2D eigenvalue weighted by Crippen LogP contribution is 2.26. The first-order chi connectivity index (χ1) is 14.7. The summed E-state index contributed by atoms with van der Waals surface area (Å²) in [5.41, 5.74) is 1.82. The Bertz CT molecular complexity index is 1030. The van der Waals surface area contributed by atoms with Gasteiger partial charge >= 0.3 is 5.63 Å². The second-order valence-electron chi connectivity index (χ2n) is 7.36. The van der Waals surface area contributed by atoms with Gasteiger partial charge < -0.3 is 14.6 Å². The van der Waals surface area contributed by atoms with E-state index in [9.17, 15) is 9.59 Å². The Balaban J connectivity index is 1.36. The van der Waals surface area contributed by atoms with Crippen LogP contribution in [0.25, 0.3) is 11.3 Å². The number of likely N-dealkylation sites (tertiary alicyclic amines) is 1. The number of ether oxygens (including phenoxy) is 1. The molecule has 0 radical (unpaired) electrons. The number of carbonyl (C=O) groups is 1. The molecule has 0 spiro atoms. The lowest BCUT2D eigenvalue weighted by atomic mass is 10.1. The first kappa shape index (κ1) is 20.0. The van der Waals surface area contributed by atoms with E-state index >= 15 is 0 Å². The van der Waals surface area contributed by atoms with Crippen LogP contribution in [0, 0.1) is 0 Å². The lowest BCUT2D eigenvalue weighted by Gasteiger charge is -2.26. The van der Waals surface area contributed by atoms with Crippen LogP contribution in [-0.4, -0.2) is 42.2 Å². The van der Waals surface area contributed by atoms with Gasteiger partial charge in [-0.3, -0.25) is 9.69 Å². The fraction of sp³-hybridized carbons (Fsp3) is 0.304. The van der Waals surface area contributed by atoms with Gasteiger partial charge in [-0.2, -0.15) is 0 Å². The largest absolute Gasteiger partial charge is 0.492 e. The number of hydrogen-bond acceptors (Lipinski definition) is 5. The number of aromatic nitrogens is 1. The maximum atomic E-state index is 12.7. The summed E-state index contributed by atoms with van der Waals surface area (Å²) in [5.74, 6) is 0.507. The first-order valence-electron chi connectivity index (χ1n) is 10.2. The lowest BCUT2D eigenvalue weighted by molar-refractivity contribution is 0.102. The third-order valence-corrected chi connectivity index (χ3v) is 5.23. The molecule has 4 rings (SSSR count). The lowest BCUT2D eigenvalue weighted by Crippen LogP contribution is -2.33. The topological polar surface area (TPSA) is 87.6 Å². The SMILES string of the molecule is O=C(Nc1ccccc1-c1cc(=O)o[nH]1)c1ccc(OCCN2CCCCC2)cc1. The van der Waals surface area contributed by atoms with Crippen molar-refractivity contribution in [2.75, 3.05) is 31.6 Å². The summed E-state index contributed by atoms with van der Waals surface area (Å²) < 4.78 is 10.6. The van der Waals surface area contributed by atoms with Crippen LogP contribution in [0.5, 0.6) is 5.75 Å². The molecule has 156 valence electrons. The van der Waals surface area contributed by atoms with Gasteiger partial charge in [-0.25, -0.2) is 9.95 Å². The zero-order valence-electron chi connectivity index (χ0n) is 16.7. The number of piperidine rings is 1. The van der Waals surface area contributed by atoms with Gasteiger partial charge in [-0.15, -0.1) is 0 Å². The van der Waals surface area contributed by atoms with E-state index in [0.29, 0.717) is 29.1 Å². The summed E-state index contributed by atoms with van der Waals surface area (Å²) in [6.45, 7) is 3.87. The Morgan fingerprint density at radius 1 is 1.07 bits per heavy atom. The van der Waals surface area contributed by atoms with Crippen molar-refractivity contribution in [3.05, 3.63) is 70.6 Å². The standard InChI is InChI=1S/C23H25N3O4/c27-22-16-21(25-30-22)19-6-2-3-7-20(19)24-23(28)17-8-10-18(11-9-17)29-15-14-26-12-4-1-5-13-26/h2-3,6-11,16,25H,1,4-5,12-15H2,(H,24,28). The molecule has 0 unspecified atom stereocenters. The molecular formula is C23H25N3O4. The average Bonchev–Trinajstić information content (AvgIpc) is 3.21. The summed E-state index contributed by atoms with van der Waals surface area (Å²) >= 11 is 0. The predicted octanol–water partition coefficient (Wildman–Crippen LogP) is 3.75. The second-order valence-corrected chi connectivity index (χ2v) is 7.36. The summed E-state index contributed by atoms with van der Waals surface area (Å²) in [5, 5.41) is 5.46. The quantitative estimate of drug-likeness (QED) is 0.623. The Morgan fingerprint density at radius 2 is 1.83 bits per heavy atom. The van der Waals surface area contributed by atoms with Gasteiger partial charge in [0.05, 0.1) is 17.4 Å². The molecule has 1 aliphatic heterocycles. The van der Waals surface area contributed by atoms with Crippen LogP contribution >= 0.6 is 0 Å². The number of para-hydroxylation sites is 1. The van der Waals surface area contributed by atoms with E-state index in [2.05, 4.69) is 15.4 Å². The molecule has 0 saturated carbocycles. The molecule has 2 heterocycles. The third kappa shape index (κ3) is 4.99. The van der Waals surface area contributed by atoms with E-state index in [0.717, 1.165) is 25.4 Å². The van der Waals surface area contributed by atoms with Crippen molar-refractivity contribution in [2.45, 2.75) is 19.3 Å². The monoisotopic (exact) mass is 407 g/mol. The van der Waals surface area contributed by atoms with Gasteiger partial charge in [0.25, 0.3) is 5.91 Å². The summed E-state index contributed by atoms with van der Waals surface area (Å²) in [6, 6.07) is 15.7. The molecular weight excluding hydrogens is 382 g/mol. The smallest absolute Gasteiger partial charge is 0.357 e. The van der Waals surface area contributed by atoms with Crippen LogP contribution in [0.15, 0.2) is 63.9 Å². The van der Waals surface area contributed by atoms with Crippen molar-refractivity contribution in [1.29, 1.82) is 0 Å². The maximum Gasteiger partial charge on any atom is 0.357 e. The van der Waals surface area contributed by atoms with Crippen molar-refractivity contribution in [3.63, 3.8) is 0 Å². The van der Waals surface area contributed by atoms with Crippen LogP contribution in [-0.2, 0) is 0 Å². The Kier molecular flexibility index (Phi) is 6.29. The minimum Gasteiger partial charge on any atom is -0.492 e. The first-order valence-corrected chi connectivity index (χ1v) is 10.2. The van der Waals surface area contributed by atoms with E-state index in [1.807, 2.05) is 24.3 Å². The van der Waals surface area contributed by atoms with Gasteiger partial charge in [0.2, 0.25) is 0 Å². The zero-order chi connectivity index (χ0) is 20.8. The number of hydrogen-bond donors (Lipinski definition) is 2. The zero-order valence-corrected chi connectivity index (χ0v) is 16.7. The molecule has 7 nitrogen and oxygen atoms in total. The molecule has 3 aromatic rings. The fourth-order valence-electron chi connectivity index (χ4n) is 3.61. The van der Waals surface area contributed by atoms with Crippen LogP contribution in [0.3, 0.4) is 0 Å². The van der Waals surface area contributed by atoms with E-state index in [1.165, 1.54) is 25.3 Å². The van der Waals surface area contributed by atoms with E-state index in [4.69, 9.17) is 9.26 Å². The number of anilines is 1. The number of nitrogens with zero attached hydrogens (tertiary/aromatic N) is 1. The molecule has 2 N–H and O–H groups in total. The molecule has 0 bridgehead atoms. The van der Waals surface area contributed by atoms with Crippen molar-refractivity contribution in [2.24, 2.45) is 0 Å². The molecule has 7 heteroatoms. The summed E-state index contributed by atoms with van der Waals surface area (Å²) in [7, 11) is 0. The van der Waals surface area contributed by atoms with Crippen LogP contribution in [0.1, 0.15) is 29.6 Å². The molecule has 1 saturated heterocycles. The third-order valence-electron chi connectivity index (χ3n) is 5.23. The van der Waals surface area contributed by atoms with Crippen molar-refractivity contribution >= 4 is 11.6 Å². The van der Waals surface area contributed by atoms with Crippen molar-refractivity contribution in [3.8, 4) is 17.0 Å². The molecule has 1 amide bonds. The number of nitrogens with one attached hydrogen (secondary N) is 2. The summed E-state index contributed by atoms with van der Waals surface area (Å²) in [6.07, 6.45) is 3.86. The Labute approximate surface area is 174 Å². The molecule has 0 atom stereocenters. The van der Waals surface area contributed by atoms with Crippen molar-refractivity contribution < 1.29 is 14.1 Å². The van der Waals surface area contributed by atoms with Gasteiger partial charge in [0.1, 0.15) is 12.4 Å². The van der Waals surface area contributed by atoms with Gasteiger partial charge in [-0.1, -0.05) is 24.6 Å². The average molecular weight is 407 g/mol. The fourth-order valence-corrected chi connectivity index (χ4v) is 3.61. The minimum absolute atomic E-state index is 0.242. The normalized spacial score (nSPS) is 14.4. The van der Waals surface area contributed by atoms with Crippen LogP contribution in [0.4, 0.5) is 5.69 Å². The number of benzene rings is 2. The second kappa shape index (κ2) is 9.45. The van der Waals surface area contributed by atoms with Crippen molar-refractivity contribution in [1.82, 2.24) is 10.1 Å². The highest BCUT2D eigenvalue weighted by atomic mass is 16.5. The maximum absolute atomic E-state index is 12.7. The van der Waals surface area contributed by atoms with E-state index in [-0.39, 0.29) is 5.91 Å². The number of rotatable bonds is 7. The molecule has 0 aliphatic carbocycles. The predicted molar refractivity (Wildman–Crippen MR) is 115 cm³/mol. The number of amides is 1. The number of H-pyrrole nitrogens is 1. The number of carbonyl (C=O) groups excluding carboxylic acids is 1. The van der Waals surface area contributed by atoms with Gasteiger partial charge in [0.15, 0.2) is 0 Å². The Morgan fingerprint density at radius 3 is 2.57 bits per heavy atom. The van der Waals surface area contributed by atoms with E-state index in [1.54, 1.807) is 24.3 Å². The molecule has 1 aliphatic rings. The highest BCUT2D eigenvalue weighted by Gasteiger charge is 2.13. The molecule has 30 heavy (non-hydrogen) atoms. The molecule has 2 aromatic carbocycles. The van der Waals surface area contributed by atoms with Crippen LogP contribution < -0.4 is 15.7 Å². The molecule has 1 aromatic heterocycles. The minimum atomic E-state index is -0.470. The highest BCUT2D eigenvalue weighted by molar-refractivity contribution is 6.06. The molecule has 1 fully saturated rings. The van der Waals surface area contributed by atoms with E-state index < -0.39 is 5.63 Å². The van der Waals surface area contributed by atoms with Gasteiger partial charge in [0, 0.05) is 17.7 Å². The number of aromatic amines is 1. The van der Waals surface area contributed by atoms with Gasteiger partial charge in [-0.05, 0) is 56.3 Å². The Hall–Kier alpha value is -3.32.